The van der Waals surface area contributed by atoms with Crippen LogP contribution in [0.2, 0.25) is 0 Å². The Morgan fingerprint density at radius 2 is 2.00 bits per heavy atom. The van der Waals surface area contributed by atoms with Crippen LogP contribution in [0.4, 0.5) is 0 Å². The Labute approximate surface area is 107 Å². The summed E-state index contributed by atoms with van der Waals surface area (Å²) in [5, 5.41) is 9.06. The molecule has 0 unspecified atom stereocenters. The van der Waals surface area contributed by atoms with E-state index in [9.17, 15) is 4.79 Å². The zero-order valence-corrected chi connectivity index (χ0v) is 10.6. The van der Waals surface area contributed by atoms with E-state index >= 15 is 0 Å². The van der Waals surface area contributed by atoms with Crippen molar-refractivity contribution in [1.29, 1.82) is 0 Å². The molecule has 1 aliphatic heterocycles. The lowest BCUT2D eigenvalue weighted by Gasteiger charge is -2.31. The normalized spacial score (nSPS) is 17.2. The van der Waals surface area contributed by atoms with Gasteiger partial charge in [0.15, 0.2) is 0 Å². The standard InChI is InChI=1S/C13H17NO2S/c15-9-10-5-7-14(8-6-10)13(16)11-3-1-2-4-12(11)17/h1-4,10,15,17H,5-9H2. The number of hydrogen-bond donors (Lipinski definition) is 2. The van der Waals surface area contributed by atoms with Crippen molar-refractivity contribution in [3.05, 3.63) is 29.8 Å². The number of aliphatic hydroxyl groups excluding tert-OH is 1. The summed E-state index contributed by atoms with van der Waals surface area (Å²) in [6.45, 7) is 1.68. The van der Waals surface area contributed by atoms with Crippen molar-refractivity contribution in [3.63, 3.8) is 0 Å². The number of thiol groups is 1. The third-order valence-electron chi connectivity index (χ3n) is 3.29. The van der Waals surface area contributed by atoms with Gasteiger partial charge in [-0.3, -0.25) is 4.79 Å². The van der Waals surface area contributed by atoms with Crippen molar-refractivity contribution in [1.82, 2.24) is 4.90 Å². The van der Waals surface area contributed by atoms with Crippen molar-refractivity contribution in [2.45, 2.75) is 17.7 Å². The molecule has 4 heteroatoms. The first-order chi connectivity index (χ1) is 8.22. The van der Waals surface area contributed by atoms with Crippen LogP contribution in [0.25, 0.3) is 0 Å². The number of carbonyl (C=O) groups is 1. The summed E-state index contributed by atoms with van der Waals surface area (Å²) in [6.07, 6.45) is 1.77. The van der Waals surface area contributed by atoms with E-state index in [4.69, 9.17) is 5.11 Å². The predicted molar refractivity (Wildman–Crippen MR) is 69.4 cm³/mol. The summed E-state index contributed by atoms with van der Waals surface area (Å²) >= 11 is 4.31. The molecule has 3 nitrogen and oxygen atoms in total. The summed E-state index contributed by atoms with van der Waals surface area (Å²) in [6, 6.07) is 7.37. The van der Waals surface area contributed by atoms with E-state index in [2.05, 4.69) is 12.6 Å². The lowest BCUT2D eigenvalue weighted by atomic mass is 9.97. The molecule has 1 aliphatic rings. The molecule has 0 aromatic heterocycles. The lowest BCUT2D eigenvalue weighted by Crippen LogP contribution is -2.39. The molecule has 0 atom stereocenters. The second-order valence-electron chi connectivity index (χ2n) is 4.44. The molecule has 92 valence electrons. The topological polar surface area (TPSA) is 40.5 Å². The highest BCUT2D eigenvalue weighted by atomic mass is 32.1. The van der Waals surface area contributed by atoms with Crippen LogP contribution in [0.3, 0.4) is 0 Å². The lowest BCUT2D eigenvalue weighted by molar-refractivity contribution is 0.0647. The van der Waals surface area contributed by atoms with E-state index in [1.807, 2.05) is 29.2 Å². The molecule has 1 aromatic rings. The molecular formula is C13H17NO2S. The Balaban J connectivity index is 2.04. The number of aliphatic hydroxyl groups is 1. The van der Waals surface area contributed by atoms with Crippen LogP contribution in [0.1, 0.15) is 23.2 Å². The van der Waals surface area contributed by atoms with Gasteiger partial charge in [-0.1, -0.05) is 12.1 Å². The summed E-state index contributed by atoms with van der Waals surface area (Å²) in [4.78, 5) is 14.8. The smallest absolute Gasteiger partial charge is 0.254 e. The third kappa shape index (κ3) is 2.82. The molecule has 1 aromatic carbocycles. The minimum atomic E-state index is 0.0481. The van der Waals surface area contributed by atoms with Crippen molar-refractivity contribution in [2.24, 2.45) is 5.92 Å². The number of benzene rings is 1. The quantitative estimate of drug-likeness (QED) is 0.787. The molecule has 0 aliphatic carbocycles. The first-order valence-electron chi connectivity index (χ1n) is 5.90. The number of piperidine rings is 1. The Morgan fingerprint density at radius 1 is 1.35 bits per heavy atom. The van der Waals surface area contributed by atoms with E-state index < -0.39 is 0 Å². The largest absolute Gasteiger partial charge is 0.396 e. The van der Waals surface area contributed by atoms with E-state index in [0.29, 0.717) is 11.5 Å². The average Bonchev–Trinajstić information content (AvgIpc) is 2.39. The van der Waals surface area contributed by atoms with Gasteiger partial charge in [-0.25, -0.2) is 0 Å². The van der Waals surface area contributed by atoms with Gasteiger partial charge in [0.2, 0.25) is 0 Å². The molecular weight excluding hydrogens is 234 g/mol. The van der Waals surface area contributed by atoms with Gasteiger partial charge in [0.05, 0.1) is 5.56 Å². The van der Waals surface area contributed by atoms with Crippen molar-refractivity contribution in [3.8, 4) is 0 Å². The van der Waals surface area contributed by atoms with Gasteiger partial charge in [-0.2, -0.15) is 0 Å². The zero-order valence-electron chi connectivity index (χ0n) is 9.67. The third-order valence-corrected chi connectivity index (χ3v) is 3.68. The maximum atomic E-state index is 12.2. The van der Waals surface area contributed by atoms with Crippen molar-refractivity contribution < 1.29 is 9.90 Å². The van der Waals surface area contributed by atoms with Crippen LogP contribution >= 0.6 is 12.6 Å². The molecule has 0 bridgehead atoms. The fourth-order valence-electron chi connectivity index (χ4n) is 2.14. The molecule has 17 heavy (non-hydrogen) atoms. The fourth-order valence-corrected chi connectivity index (χ4v) is 2.40. The maximum Gasteiger partial charge on any atom is 0.254 e. The number of amides is 1. The predicted octanol–water partition coefficient (Wildman–Crippen LogP) is 1.82. The van der Waals surface area contributed by atoms with Crippen LogP contribution in [-0.4, -0.2) is 35.6 Å². The highest BCUT2D eigenvalue weighted by Crippen LogP contribution is 2.21. The molecule has 1 N–H and O–H groups in total. The van der Waals surface area contributed by atoms with Crippen LogP contribution in [0.5, 0.6) is 0 Å². The fraction of sp³-hybridized carbons (Fsp3) is 0.462. The Bertz CT molecular complexity index is 400. The van der Waals surface area contributed by atoms with Crippen LogP contribution in [0, 0.1) is 5.92 Å². The number of nitrogens with zero attached hydrogens (tertiary/aromatic N) is 1. The highest BCUT2D eigenvalue weighted by Gasteiger charge is 2.23. The van der Waals surface area contributed by atoms with Gasteiger partial charge in [0, 0.05) is 24.6 Å². The van der Waals surface area contributed by atoms with Crippen LogP contribution in [0.15, 0.2) is 29.2 Å². The second kappa shape index (κ2) is 5.56. The Kier molecular flexibility index (Phi) is 4.07. The van der Waals surface area contributed by atoms with Gasteiger partial charge in [0.1, 0.15) is 0 Å². The SMILES string of the molecule is O=C(c1ccccc1S)N1CCC(CO)CC1. The average molecular weight is 251 g/mol. The summed E-state index contributed by atoms with van der Waals surface area (Å²) in [7, 11) is 0. The van der Waals surface area contributed by atoms with E-state index in [1.165, 1.54) is 0 Å². The number of hydrogen-bond acceptors (Lipinski definition) is 3. The maximum absolute atomic E-state index is 12.2. The monoisotopic (exact) mass is 251 g/mol. The van der Waals surface area contributed by atoms with Gasteiger partial charge in [0.25, 0.3) is 5.91 Å². The summed E-state index contributed by atoms with van der Waals surface area (Å²) < 4.78 is 0. The molecule has 0 radical (unpaired) electrons. The van der Waals surface area contributed by atoms with Crippen LogP contribution < -0.4 is 0 Å². The highest BCUT2D eigenvalue weighted by molar-refractivity contribution is 7.80. The minimum absolute atomic E-state index is 0.0481. The van der Waals surface area contributed by atoms with Gasteiger partial charge in [-0.15, -0.1) is 12.6 Å². The summed E-state index contributed by atoms with van der Waals surface area (Å²) in [5.74, 6) is 0.400. The van der Waals surface area contributed by atoms with Crippen molar-refractivity contribution in [2.75, 3.05) is 19.7 Å². The molecule has 1 amide bonds. The number of rotatable bonds is 2. The first-order valence-corrected chi connectivity index (χ1v) is 6.35. The molecule has 0 saturated carbocycles. The van der Waals surface area contributed by atoms with Crippen LogP contribution in [-0.2, 0) is 0 Å². The molecule has 2 rings (SSSR count). The molecule has 1 fully saturated rings. The van der Waals surface area contributed by atoms with Crippen molar-refractivity contribution >= 4 is 18.5 Å². The second-order valence-corrected chi connectivity index (χ2v) is 4.92. The van der Waals surface area contributed by atoms with E-state index in [-0.39, 0.29) is 12.5 Å². The Hall–Kier alpha value is -1.00. The molecule has 1 heterocycles. The first kappa shape index (κ1) is 12.5. The zero-order chi connectivity index (χ0) is 12.3. The Morgan fingerprint density at radius 3 is 2.59 bits per heavy atom. The minimum Gasteiger partial charge on any atom is -0.396 e. The van der Waals surface area contributed by atoms with Gasteiger partial charge >= 0.3 is 0 Å². The number of likely N-dealkylation sites (tertiary alicyclic amines) is 1. The number of carbonyl (C=O) groups excluding carboxylic acids is 1. The van der Waals surface area contributed by atoms with Gasteiger partial charge in [-0.05, 0) is 30.9 Å². The molecule has 1 saturated heterocycles. The van der Waals surface area contributed by atoms with Gasteiger partial charge < -0.3 is 10.0 Å². The summed E-state index contributed by atoms with van der Waals surface area (Å²) in [5.41, 5.74) is 0.665. The van der Waals surface area contributed by atoms with E-state index in [0.717, 1.165) is 30.8 Å². The van der Waals surface area contributed by atoms with E-state index in [1.54, 1.807) is 0 Å². The molecule has 0 spiro atoms.